The monoisotopic (exact) mass is 373 g/mol. The second-order valence-electron chi connectivity index (χ2n) is 7.04. The fraction of sp³-hybridized carbons (Fsp3) is 0.588. The second kappa shape index (κ2) is 6.92. The van der Waals surface area contributed by atoms with Crippen molar-refractivity contribution >= 4 is 16.0 Å². The van der Waals surface area contributed by atoms with E-state index in [-0.39, 0.29) is 22.8 Å². The van der Waals surface area contributed by atoms with Gasteiger partial charge in [-0.1, -0.05) is 6.07 Å². The number of hydrogen-bond acceptors (Lipinski definition) is 5. The average molecular weight is 373 g/mol. The van der Waals surface area contributed by atoms with E-state index in [4.69, 9.17) is 9.47 Å². The smallest absolute Gasteiger partial charge is 0.324 e. The van der Waals surface area contributed by atoms with E-state index < -0.39 is 33.5 Å². The van der Waals surface area contributed by atoms with Crippen LogP contribution in [0.25, 0.3) is 0 Å². The molecule has 1 aliphatic rings. The van der Waals surface area contributed by atoms with E-state index in [0.29, 0.717) is 12.8 Å². The summed E-state index contributed by atoms with van der Waals surface area (Å²) >= 11 is 0. The van der Waals surface area contributed by atoms with Gasteiger partial charge in [-0.25, -0.2) is 12.8 Å². The van der Waals surface area contributed by atoms with Crippen molar-refractivity contribution in [3.05, 3.63) is 23.5 Å². The lowest BCUT2D eigenvalue weighted by Crippen LogP contribution is -2.43. The molecule has 6 nitrogen and oxygen atoms in total. The van der Waals surface area contributed by atoms with Crippen LogP contribution in [0.2, 0.25) is 0 Å². The van der Waals surface area contributed by atoms with E-state index in [1.54, 1.807) is 20.8 Å². The molecular formula is C17H24FNO5S. The third-order valence-corrected chi connectivity index (χ3v) is 5.86. The van der Waals surface area contributed by atoms with E-state index in [9.17, 15) is 17.6 Å². The molecule has 1 saturated heterocycles. The lowest BCUT2D eigenvalue weighted by molar-refractivity contribution is -0.158. The predicted octanol–water partition coefficient (Wildman–Crippen LogP) is 2.64. The fourth-order valence-corrected chi connectivity index (χ4v) is 4.59. The van der Waals surface area contributed by atoms with Crippen LogP contribution in [-0.2, 0) is 19.6 Å². The Balaban J connectivity index is 2.42. The summed E-state index contributed by atoms with van der Waals surface area (Å²) < 4.78 is 51.7. The molecule has 0 radical (unpaired) electrons. The number of benzene rings is 1. The Labute approximate surface area is 148 Å². The van der Waals surface area contributed by atoms with Crippen LogP contribution in [0.3, 0.4) is 0 Å². The summed E-state index contributed by atoms with van der Waals surface area (Å²) in [6.45, 7) is 6.85. The van der Waals surface area contributed by atoms with E-state index >= 15 is 0 Å². The van der Waals surface area contributed by atoms with Gasteiger partial charge >= 0.3 is 5.97 Å². The molecule has 0 aromatic heterocycles. The van der Waals surface area contributed by atoms with Gasteiger partial charge in [0.05, 0.1) is 7.11 Å². The standard InChI is InChI=1S/C17H24FNO5S/c1-11-8-9-13(15(23-5)14(11)18)25(21,22)19-10-6-7-12(19)16(20)24-17(2,3)4/h8-9,12H,6-7,10H2,1-5H3/t12-/m0/s1. The molecule has 25 heavy (non-hydrogen) atoms. The molecule has 8 heteroatoms. The first-order valence-corrected chi connectivity index (χ1v) is 9.51. The summed E-state index contributed by atoms with van der Waals surface area (Å²) in [4.78, 5) is 12.1. The minimum Gasteiger partial charge on any atom is -0.492 e. The molecule has 1 aliphatic heterocycles. The zero-order valence-electron chi connectivity index (χ0n) is 15.1. The summed E-state index contributed by atoms with van der Waals surface area (Å²) in [7, 11) is -2.89. The van der Waals surface area contributed by atoms with Crippen LogP contribution in [0.4, 0.5) is 4.39 Å². The number of carbonyl (C=O) groups is 1. The number of ether oxygens (including phenoxy) is 2. The van der Waals surface area contributed by atoms with Crippen molar-refractivity contribution in [2.24, 2.45) is 0 Å². The predicted molar refractivity (Wildman–Crippen MR) is 90.4 cm³/mol. The minimum absolute atomic E-state index is 0.172. The fourth-order valence-electron chi connectivity index (χ4n) is 2.79. The van der Waals surface area contributed by atoms with Crippen molar-refractivity contribution in [3.63, 3.8) is 0 Å². The number of carbonyl (C=O) groups excluding carboxylic acids is 1. The molecule has 0 aliphatic carbocycles. The maximum absolute atomic E-state index is 14.3. The van der Waals surface area contributed by atoms with Gasteiger partial charge < -0.3 is 9.47 Å². The molecule has 1 aromatic carbocycles. The Morgan fingerprint density at radius 1 is 1.32 bits per heavy atom. The van der Waals surface area contributed by atoms with Crippen molar-refractivity contribution in [2.75, 3.05) is 13.7 Å². The van der Waals surface area contributed by atoms with Gasteiger partial charge in [-0.05, 0) is 52.2 Å². The molecular weight excluding hydrogens is 349 g/mol. The molecule has 0 bridgehead atoms. The van der Waals surface area contributed by atoms with Crippen molar-refractivity contribution in [1.29, 1.82) is 0 Å². The van der Waals surface area contributed by atoms with Crippen LogP contribution < -0.4 is 4.74 Å². The third kappa shape index (κ3) is 3.95. The van der Waals surface area contributed by atoms with E-state index in [2.05, 4.69) is 0 Å². The Morgan fingerprint density at radius 3 is 2.52 bits per heavy atom. The molecule has 0 N–H and O–H groups in total. The maximum atomic E-state index is 14.3. The molecule has 1 heterocycles. The summed E-state index contributed by atoms with van der Waals surface area (Å²) in [5.41, 5.74) is -0.441. The number of halogens is 1. The number of aryl methyl sites for hydroxylation is 1. The molecule has 0 saturated carbocycles. The summed E-state index contributed by atoms with van der Waals surface area (Å²) in [6, 6.07) is 1.76. The highest BCUT2D eigenvalue weighted by Crippen LogP contribution is 2.35. The normalized spacial score (nSPS) is 19.0. The van der Waals surface area contributed by atoms with E-state index in [0.717, 1.165) is 4.31 Å². The number of sulfonamides is 1. The van der Waals surface area contributed by atoms with E-state index in [1.807, 2.05) is 0 Å². The molecule has 2 rings (SSSR count). The second-order valence-corrected chi connectivity index (χ2v) is 8.89. The van der Waals surface area contributed by atoms with Crippen molar-refractivity contribution in [3.8, 4) is 5.75 Å². The first-order valence-electron chi connectivity index (χ1n) is 8.07. The quantitative estimate of drug-likeness (QED) is 0.759. The van der Waals surface area contributed by atoms with Crippen LogP contribution in [-0.4, -0.2) is 44.0 Å². The summed E-state index contributed by atoms with van der Waals surface area (Å²) in [5.74, 6) is -1.66. The van der Waals surface area contributed by atoms with Crippen molar-refractivity contribution in [2.45, 2.75) is 57.1 Å². The third-order valence-electron chi connectivity index (χ3n) is 3.93. The highest BCUT2D eigenvalue weighted by atomic mass is 32.2. The van der Waals surface area contributed by atoms with Gasteiger partial charge in [0.15, 0.2) is 11.6 Å². The Bertz CT molecular complexity index is 770. The highest BCUT2D eigenvalue weighted by molar-refractivity contribution is 7.89. The highest BCUT2D eigenvalue weighted by Gasteiger charge is 2.42. The van der Waals surface area contributed by atoms with E-state index in [1.165, 1.54) is 26.2 Å². The van der Waals surface area contributed by atoms with Gasteiger partial charge in [0.2, 0.25) is 10.0 Å². The minimum atomic E-state index is -4.10. The van der Waals surface area contributed by atoms with Crippen LogP contribution in [0.15, 0.2) is 17.0 Å². The SMILES string of the molecule is COc1c(S(=O)(=O)N2CCC[C@H]2C(=O)OC(C)(C)C)ccc(C)c1F. The lowest BCUT2D eigenvalue weighted by atomic mass is 10.2. The van der Waals surface area contributed by atoms with Crippen LogP contribution in [0, 0.1) is 12.7 Å². The summed E-state index contributed by atoms with van der Waals surface area (Å²) in [6.07, 6.45) is 0.893. The first-order chi connectivity index (χ1) is 11.5. The zero-order chi connectivity index (χ0) is 19.0. The molecule has 0 spiro atoms. The largest absolute Gasteiger partial charge is 0.492 e. The molecule has 1 fully saturated rings. The molecule has 0 unspecified atom stereocenters. The van der Waals surface area contributed by atoms with Gasteiger partial charge in [-0.15, -0.1) is 0 Å². The number of methoxy groups -OCH3 is 1. The molecule has 140 valence electrons. The summed E-state index contributed by atoms with van der Waals surface area (Å²) in [5, 5.41) is 0. The van der Waals surface area contributed by atoms with Gasteiger partial charge in [0.25, 0.3) is 0 Å². The Kier molecular flexibility index (Phi) is 5.44. The molecule has 1 aromatic rings. The zero-order valence-corrected chi connectivity index (χ0v) is 15.9. The number of hydrogen-bond donors (Lipinski definition) is 0. The van der Waals surface area contributed by atoms with Gasteiger partial charge in [0.1, 0.15) is 16.5 Å². The number of esters is 1. The van der Waals surface area contributed by atoms with Crippen molar-refractivity contribution < 1.29 is 27.1 Å². The van der Waals surface area contributed by atoms with Gasteiger partial charge in [-0.3, -0.25) is 4.79 Å². The molecule has 1 atom stereocenters. The average Bonchev–Trinajstić information content (AvgIpc) is 2.98. The van der Waals surface area contributed by atoms with Crippen molar-refractivity contribution in [1.82, 2.24) is 4.31 Å². The topological polar surface area (TPSA) is 72.9 Å². The molecule has 0 amide bonds. The Morgan fingerprint density at radius 2 is 1.96 bits per heavy atom. The Hall–Kier alpha value is -1.67. The number of nitrogens with zero attached hydrogens (tertiary/aromatic N) is 1. The van der Waals surface area contributed by atoms with Gasteiger partial charge in [-0.2, -0.15) is 4.31 Å². The lowest BCUT2D eigenvalue weighted by Gasteiger charge is -2.27. The number of rotatable bonds is 4. The maximum Gasteiger partial charge on any atom is 0.324 e. The first kappa shape index (κ1) is 19.7. The van der Waals surface area contributed by atoms with Gasteiger partial charge in [0, 0.05) is 6.54 Å². The van der Waals surface area contributed by atoms with Crippen LogP contribution in [0.1, 0.15) is 39.2 Å². The van der Waals surface area contributed by atoms with Crippen LogP contribution in [0.5, 0.6) is 5.75 Å². The van der Waals surface area contributed by atoms with Crippen LogP contribution >= 0.6 is 0 Å².